The fraction of sp³-hybridized carbons (Fsp3) is 0.733. The number of ether oxygens (including phenoxy) is 1. The summed E-state index contributed by atoms with van der Waals surface area (Å²) < 4.78 is 5.96. The van der Waals surface area contributed by atoms with Crippen LogP contribution >= 0.6 is 0 Å². The summed E-state index contributed by atoms with van der Waals surface area (Å²) in [5, 5.41) is 3.37. The Morgan fingerprint density at radius 3 is 2.32 bits per heavy atom. The first-order valence-corrected chi connectivity index (χ1v) is 7.61. The van der Waals surface area contributed by atoms with Gasteiger partial charge in [-0.05, 0) is 51.6 Å². The van der Waals surface area contributed by atoms with Gasteiger partial charge in [-0.1, -0.05) is 6.42 Å². The quantitative estimate of drug-likeness (QED) is 0.908. The van der Waals surface area contributed by atoms with E-state index < -0.39 is 0 Å². The Labute approximate surface area is 115 Å². The Kier molecular flexibility index (Phi) is 4.28. The summed E-state index contributed by atoms with van der Waals surface area (Å²) in [5.41, 5.74) is 0. The zero-order valence-electron chi connectivity index (χ0n) is 11.5. The molecule has 1 aliphatic carbocycles. The molecule has 104 valence electrons. The molecule has 0 unspecified atom stereocenters. The number of hydrogen-bond acceptors (Lipinski definition) is 4. The molecule has 0 spiro atoms. The van der Waals surface area contributed by atoms with Gasteiger partial charge < -0.3 is 10.1 Å². The van der Waals surface area contributed by atoms with Crippen molar-refractivity contribution >= 4 is 0 Å². The van der Waals surface area contributed by atoms with Crippen LogP contribution in [0.15, 0.2) is 12.4 Å². The minimum Gasteiger partial charge on any atom is -0.487 e. The molecule has 1 aromatic rings. The molecule has 1 saturated carbocycles. The van der Waals surface area contributed by atoms with Crippen LogP contribution in [-0.2, 0) is 0 Å². The molecule has 19 heavy (non-hydrogen) atoms. The van der Waals surface area contributed by atoms with Gasteiger partial charge in [0.2, 0.25) is 0 Å². The van der Waals surface area contributed by atoms with Crippen molar-refractivity contribution in [3.63, 3.8) is 0 Å². The highest BCUT2D eigenvalue weighted by Gasteiger charge is 2.19. The first-order valence-electron chi connectivity index (χ1n) is 7.61. The molecule has 0 radical (unpaired) electrons. The summed E-state index contributed by atoms with van der Waals surface area (Å²) in [6.07, 6.45) is 12.7. The van der Waals surface area contributed by atoms with Crippen LogP contribution in [0, 0.1) is 0 Å². The van der Waals surface area contributed by atoms with Crippen molar-refractivity contribution in [1.29, 1.82) is 0 Å². The lowest BCUT2D eigenvalue weighted by atomic mass is 9.97. The normalized spacial score (nSPS) is 22.3. The maximum Gasteiger partial charge on any atom is 0.156 e. The highest BCUT2D eigenvalue weighted by molar-refractivity contribution is 5.14. The van der Waals surface area contributed by atoms with Gasteiger partial charge in [0.25, 0.3) is 0 Å². The zero-order valence-corrected chi connectivity index (χ0v) is 11.5. The molecule has 1 saturated heterocycles. The Hall–Kier alpha value is -1.16. The van der Waals surface area contributed by atoms with Crippen LogP contribution in [0.5, 0.6) is 5.75 Å². The number of nitrogens with zero attached hydrogens (tertiary/aromatic N) is 2. The van der Waals surface area contributed by atoms with E-state index in [1.54, 1.807) is 0 Å². The number of nitrogens with one attached hydrogen (secondary N) is 1. The van der Waals surface area contributed by atoms with Crippen molar-refractivity contribution in [1.82, 2.24) is 15.3 Å². The molecule has 0 atom stereocenters. The largest absolute Gasteiger partial charge is 0.487 e. The minimum atomic E-state index is 0.377. The molecule has 2 fully saturated rings. The summed E-state index contributed by atoms with van der Waals surface area (Å²) in [5.74, 6) is 2.34. The van der Waals surface area contributed by atoms with Gasteiger partial charge in [0.1, 0.15) is 5.82 Å². The van der Waals surface area contributed by atoms with E-state index in [4.69, 9.17) is 4.74 Å². The third-order valence-electron chi connectivity index (χ3n) is 4.21. The molecule has 4 nitrogen and oxygen atoms in total. The lowest BCUT2D eigenvalue weighted by Gasteiger charge is -2.23. The van der Waals surface area contributed by atoms with Crippen LogP contribution < -0.4 is 10.1 Å². The highest BCUT2D eigenvalue weighted by Crippen LogP contribution is 2.25. The van der Waals surface area contributed by atoms with E-state index in [2.05, 4.69) is 15.3 Å². The van der Waals surface area contributed by atoms with Gasteiger partial charge in [-0.2, -0.15) is 0 Å². The van der Waals surface area contributed by atoms with Crippen LogP contribution in [0.25, 0.3) is 0 Å². The maximum absolute atomic E-state index is 5.96. The summed E-state index contributed by atoms with van der Waals surface area (Å²) in [6.45, 7) is 2.16. The van der Waals surface area contributed by atoms with Crippen molar-refractivity contribution in [3.05, 3.63) is 18.2 Å². The van der Waals surface area contributed by atoms with Gasteiger partial charge in [0, 0.05) is 5.92 Å². The fourth-order valence-corrected chi connectivity index (χ4v) is 3.05. The number of rotatable bonds is 3. The molecule has 2 heterocycles. The fourth-order valence-electron chi connectivity index (χ4n) is 3.05. The summed E-state index contributed by atoms with van der Waals surface area (Å²) in [7, 11) is 0. The van der Waals surface area contributed by atoms with Gasteiger partial charge in [-0.15, -0.1) is 0 Å². The number of piperidine rings is 1. The molecule has 0 amide bonds. The summed E-state index contributed by atoms with van der Waals surface area (Å²) >= 11 is 0. The molecule has 2 aliphatic rings. The van der Waals surface area contributed by atoms with Crippen LogP contribution in [0.3, 0.4) is 0 Å². The van der Waals surface area contributed by atoms with Crippen molar-refractivity contribution < 1.29 is 4.74 Å². The number of hydrogen-bond donors (Lipinski definition) is 1. The third kappa shape index (κ3) is 3.44. The molecule has 1 aromatic heterocycles. The zero-order chi connectivity index (χ0) is 12.9. The first-order chi connectivity index (χ1) is 9.42. The lowest BCUT2D eigenvalue weighted by Crippen LogP contribution is -2.27. The van der Waals surface area contributed by atoms with E-state index in [1.807, 2.05) is 12.4 Å². The van der Waals surface area contributed by atoms with Gasteiger partial charge in [0.15, 0.2) is 5.75 Å². The Morgan fingerprint density at radius 2 is 1.63 bits per heavy atom. The minimum absolute atomic E-state index is 0.377. The Balaban J connectivity index is 1.58. The second-order valence-electron chi connectivity index (χ2n) is 5.68. The first kappa shape index (κ1) is 12.9. The molecule has 3 rings (SSSR count). The lowest BCUT2D eigenvalue weighted by molar-refractivity contribution is 0.153. The second kappa shape index (κ2) is 6.33. The topological polar surface area (TPSA) is 47.0 Å². The summed E-state index contributed by atoms with van der Waals surface area (Å²) in [6, 6.07) is 0. The van der Waals surface area contributed by atoms with E-state index >= 15 is 0 Å². The second-order valence-corrected chi connectivity index (χ2v) is 5.68. The number of aromatic nitrogens is 2. The van der Waals surface area contributed by atoms with E-state index in [-0.39, 0.29) is 0 Å². The predicted molar refractivity (Wildman–Crippen MR) is 74.4 cm³/mol. The van der Waals surface area contributed by atoms with Crippen LogP contribution in [0.2, 0.25) is 0 Å². The summed E-state index contributed by atoms with van der Waals surface area (Å²) in [4.78, 5) is 9.01. The molecular weight excluding hydrogens is 238 g/mol. The SMILES string of the molecule is c1nc(C2CCNCC2)ncc1OC1CCCCC1. The Bertz CT molecular complexity index is 381. The average molecular weight is 261 g/mol. The third-order valence-corrected chi connectivity index (χ3v) is 4.21. The highest BCUT2D eigenvalue weighted by atomic mass is 16.5. The van der Waals surface area contributed by atoms with E-state index in [1.165, 1.54) is 32.1 Å². The molecule has 1 aliphatic heterocycles. The molecule has 0 aromatic carbocycles. The van der Waals surface area contributed by atoms with Crippen molar-refractivity contribution in [2.24, 2.45) is 0 Å². The van der Waals surface area contributed by atoms with Crippen molar-refractivity contribution in [2.75, 3.05) is 13.1 Å². The van der Waals surface area contributed by atoms with Gasteiger partial charge in [0.05, 0.1) is 18.5 Å². The monoisotopic (exact) mass is 261 g/mol. The molecule has 0 bridgehead atoms. The van der Waals surface area contributed by atoms with Crippen LogP contribution in [0.4, 0.5) is 0 Å². The van der Waals surface area contributed by atoms with Gasteiger partial charge >= 0.3 is 0 Å². The van der Waals surface area contributed by atoms with Gasteiger partial charge in [-0.3, -0.25) is 0 Å². The van der Waals surface area contributed by atoms with Crippen LogP contribution in [-0.4, -0.2) is 29.2 Å². The smallest absolute Gasteiger partial charge is 0.156 e. The molecule has 4 heteroatoms. The maximum atomic E-state index is 5.96. The van der Waals surface area contributed by atoms with E-state index in [9.17, 15) is 0 Å². The molecule has 1 N–H and O–H groups in total. The average Bonchev–Trinajstić information content (AvgIpc) is 2.50. The standard InChI is InChI=1S/C15H23N3O/c1-2-4-13(5-3-1)19-14-10-17-15(18-11-14)12-6-8-16-9-7-12/h10-13,16H,1-9H2. The van der Waals surface area contributed by atoms with Gasteiger partial charge in [-0.25, -0.2) is 9.97 Å². The van der Waals surface area contributed by atoms with E-state index in [0.29, 0.717) is 12.0 Å². The predicted octanol–water partition coefficient (Wildman–Crippen LogP) is 2.66. The molecular formula is C15H23N3O. The van der Waals surface area contributed by atoms with Crippen LogP contribution in [0.1, 0.15) is 56.7 Å². The Morgan fingerprint density at radius 1 is 0.947 bits per heavy atom. The van der Waals surface area contributed by atoms with Crippen molar-refractivity contribution in [3.8, 4) is 5.75 Å². The van der Waals surface area contributed by atoms with Crippen molar-refractivity contribution in [2.45, 2.75) is 57.0 Å². The van der Waals surface area contributed by atoms with E-state index in [0.717, 1.165) is 37.5 Å².